The highest BCUT2D eigenvalue weighted by Gasteiger charge is 2.26. The molecule has 0 saturated heterocycles. The summed E-state index contributed by atoms with van der Waals surface area (Å²) in [4.78, 5) is 23.6. The largest absolute Gasteiger partial charge is 0.337 e. The van der Waals surface area contributed by atoms with E-state index < -0.39 is 0 Å². The van der Waals surface area contributed by atoms with Crippen LogP contribution in [0, 0.1) is 0 Å². The Labute approximate surface area is 75.1 Å². The number of aromatic nitrogens is 1. The highest BCUT2D eigenvalue weighted by atomic mass is 16.2. The molecule has 0 N–H and O–H groups in total. The molecule has 0 radical (unpaired) electrons. The summed E-state index contributed by atoms with van der Waals surface area (Å²) in [6, 6.07) is 3.51. The average Bonchev–Trinajstić information content (AvgIpc) is 2.60. The zero-order chi connectivity index (χ0) is 9.42. The van der Waals surface area contributed by atoms with Gasteiger partial charge in [0.1, 0.15) is 5.82 Å². The predicted octanol–water partition coefficient (Wildman–Crippen LogP) is 0.454. The lowest BCUT2D eigenvalue weighted by atomic mass is 10.5. The van der Waals surface area contributed by atoms with Gasteiger partial charge in [-0.1, -0.05) is 0 Å². The van der Waals surface area contributed by atoms with Gasteiger partial charge < -0.3 is 4.57 Å². The minimum atomic E-state index is -0.285. The van der Waals surface area contributed by atoms with Crippen molar-refractivity contribution in [1.29, 1.82) is 0 Å². The van der Waals surface area contributed by atoms with Gasteiger partial charge in [-0.05, 0) is 12.1 Å². The van der Waals surface area contributed by atoms with Crippen LogP contribution >= 0.6 is 0 Å². The maximum Gasteiger partial charge on any atom is 0.259 e. The Hall–Kier alpha value is -1.84. The summed E-state index contributed by atoms with van der Waals surface area (Å²) in [6.07, 6.45) is 4.33. The van der Waals surface area contributed by atoms with Crippen LogP contribution < -0.4 is 4.90 Å². The number of amides is 2. The molecular weight excluding hydrogens is 168 g/mol. The van der Waals surface area contributed by atoms with Crippen LogP contribution in [0.5, 0.6) is 0 Å². The topological polar surface area (TPSA) is 42.3 Å². The Bertz CT molecular complexity index is 386. The maximum absolute atomic E-state index is 11.2. The summed E-state index contributed by atoms with van der Waals surface area (Å²) in [5, 5.41) is 0. The number of carbonyl (C=O) groups is 2. The molecule has 4 nitrogen and oxygen atoms in total. The SMILES string of the molecule is Cn1cccc1N1C(=O)C=CC1=O. The summed E-state index contributed by atoms with van der Waals surface area (Å²) in [6.45, 7) is 0. The van der Waals surface area contributed by atoms with Gasteiger partial charge >= 0.3 is 0 Å². The molecule has 0 saturated carbocycles. The molecule has 13 heavy (non-hydrogen) atoms. The lowest BCUT2D eigenvalue weighted by molar-refractivity contribution is -0.120. The quantitative estimate of drug-likeness (QED) is 0.583. The number of carbonyl (C=O) groups excluding carboxylic acids is 2. The molecule has 0 bridgehead atoms. The number of aryl methyl sites for hydroxylation is 1. The number of hydrogen-bond acceptors (Lipinski definition) is 2. The van der Waals surface area contributed by atoms with Gasteiger partial charge in [-0.2, -0.15) is 0 Å². The third-order valence-electron chi connectivity index (χ3n) is 1.95. The first kappa shape index (κ1) is 7.79. The molecule has 0 fully saturated rings. The molecule has 66 valence electrons. The second-order valence-electron chi connectivity index (χ2n) is 2.82. The molecule has 1 aromatic rings. The van der Waals surface area contributed by atoms with Crippen molar-refractivity contribution in [3.05, 3.63) is 30.5 Å². The van der Waals surface area contributed by atoms with Crippen molar-refractivity contribution in [2.45, 2.75) is 0 Å². The van der Waals surface area contributed by atoms with E-state index in [4.69, 9.17) is 0 Å². The van der Waals surface area contributed by atoms with Crippen LogP contribution in [0.4, 0.5) is 5.82 Å². The highest BCUT2D eigenvalue weighted by molar-refractivity contribution is 6.27. The summed E-state index contributed by atoms with van der Waals surface area (Å²) in [5.41, 5.74) is 0. The minimum Gasteiger partial charge on any atom is -0.337 e. The Morgan fingerprint density at radius 2 is 1.77 bits per heavy atom. The Kier molecular flexibility index (Phi) is 1.55. The molecule has 1 aliphatic heterocycles. The normalized spacial score (nSPS) is 15.9. The molecule has 0 spiro atoms. The van der Waals surface area contributed by atoms with Gasteiger partial charge in [-0.3, -0.25) is 9.59 Å². The van der Waals surface area contributed by atoms with Crippen molar-refractivity contribution in [3.63, 3.8) is 0 Å². The zero-order valence-electron chi connectivity index (χ0n) is 7.10. The molecule has 0 aliphatic carbocycles. The van der Waals surface area contributed by atoms with Gasteiger partial charge in [0.25, 0.3) is 11.8 Å². The van der Waals surface area contributed by atoms with E-state index in [0.29, 0.717) is 5.82 Å². The predicted molar refractivity (Wildman–Crippen MR) is 47.0 cm³/mol. The van der Waals surface area contributed by atoms with Crippen molar-refractivity contribution < 1.29 is 9.59 Å². The van der Waals surface area contributed by atoms with E-state index in [9.17, 15) is 9.59 Å². The van der Waals surface area contributed by atoms with Crippen LogP contribution in [0.1, 0.15) is 0 Å². The summed E-state index contributed by atoms with van der Waals surface area (Å²) in [7, 11) is 1.79. The fourth-order valence-corrected chi connectivity index (χ4v) is 1.31. The second kappa shape index (κ2) is 2.58. The number of imide groups is 1. The molecule has 0 unspecified atom stereocenters. The number of rotatable bonds is 1. The first-order valence-corrected chi connectivity index (χ1v) is 3.87. The molecule has 2 rings (SSSR count). The lowest BCUT2D eigenvalue weighted by Crippen LogP contribution is -2.31. The molecule has 1 aliphatic rings. The van der Waals surface area contributed by atoms with Crippen LogP contribution in [0.2, 0.25) is 0 Å². The fourth-order valence-electron chi connectivity index (χ4n) is 1.31. The molecular formula is C9H8N2O2. The number of hydrogen-bond donors (Lipinski definition) is 0. The number of nitrogens with zero attached hydrogens (tertiary/aromatic N) is 2. The van der Waals surface area contributed by atoms with Gasteiger partial charge in [0.05, 0.1) is 0 Å². The van der Waals surface area contributed by atoms with Gasteiger partial charge in [0.15, 0.2) is 0 Å². The third kappa shape index (κ3) is 1.07. The van der Waals surface area contributed by atoms with Crippen molar-refractivity contribution >= 4 is 17.6 Å². The van der Waals surface area contributed by atoms with E-state index in [-0.39, 0.29) is 11.8 Å². The van der Waals surface area contributed by atoms with Crippen LogP contribution in [0.25, 0.3) is 0 Å². The molecule has 0 atom stereocenters. The standard InChI is InChI=1S/C9H8N2O2/c1-10-6-2-3-7(10)11-8(12)4-5-9(11)13/h2-6H,1H3. The first-order chi connectivity index (χ1) is 6.20. The average molecular weight is 176 g/mol. The zero-order valence-corrected chi connectivity index (χ0v) is 7.10. The minimum absolute atomic E-state index is 0.285. The molecule has 0 aromatic carbocycles. The van der Waals surface area contributed by atoms with Gasteiger partial charge in [0.2, 0.25) is 0 Å². The second-order valence-corrected chi connectivity index (χ2v) is 2.82. The van der Waals surface area contributed by atoms with Crippen molar-refractivity contribution in [3.8, 4) is 0 Å². The fraction of sp³-hybridized carbons (Fsp3) is 0.111. The van der Waals surface area contributed by atoms with Crippen molar-refractivity contribution in [1.82, 2.24) is 4.57 Å². The molecule has 1 aromatic heterocycles. The summed E-state index contributed by atoms with van der Waals surface area (Å²) in [5.74, 6) is 0.0265. The Morgan fingerprint density at radius 1 is 1.15 bits per heavy atom. The van der Waals surface area contributed by atoms with Crippen LogP contribution in [0.15, 0.2) is 30.5 Å². The van der Waals surface area contributed by atoms with Gasteiger partial charge in [0, 0.05) is 25.4 Å². The van der Waals surface area contributed by atoms with Gasteiger partial charge in [-0.15, -0.1) is 0 Å². The van der Waals surface area contributed by atoms with Crippen molar-refractivity contribution in [2.24, 2.45) is 7.05 Å². The van der Waals surface area contributed by atoms with E-state index in [1.807, 2.05) is 0 Å². The van der Waals surface area contributed by atoms with Crippen molar-refractivity contribution in [2.75, 3.05) is 4.90 Å². The third-order valence-corrected chi connectivity index (χ3v) is 1.95. The summed E-state index contributed by atoms with van der Waals surface area (Å²) >= 11 is 0. The first-order valence-electron chi connectivity index (χ1n) is 3.87. The Balaban J connectivity index is 2.43. The van der Waals surface area contributed by atoms with E-state index in [1.54, 1.807) is 29.9 Å². The molecule has 2 amide bonds. The van der Waals surface area contributed by atoms with Gasteiger partial charge in [-0.25, -0.2) is 4.90 Å². The monoisotopic (exact) mass is 176 g/mol. The Morgan fingerprint density at radius 3 is 2.23 bits per heavy atom. The number of anilines is 1. The highest BCUT2D eigenvalue weighted by Crippen LogP contribution is 2.17. The van der Waals surface area contributed by atoms with E-state index >= 15 is 0 Å². The lowest BCUT2D eigenvalue weighted by Gasteiger charge is -2.13. The molecule has 2 heterocycles. The maximum atomic E-state index is 11.2. The van der Waals surface area contributed by atoms with Crippen LogP contribution in [-0.2, 0) is 16.6 Å². The smallest absolute Gasteiger partial charge is 0.259 e. The van der Waals surface area contributed by atoms with Crippen LogP contribution in [0.3, 0.4) is 0 Å². The molecule has 4 heteroatoms. The summed E-state index contributed by atoms with van der Waals surface area (Å²) < 4.78 is 1.72. The van der Waals surface area contributed by atoms with E-state index in [2.05, 4.69) is 0 Å². The van der Waals surface area contributed by atoms with E-state index in [0.717, 1.165) is 4.90 Å². The van der Waals surface area contributed by atoms with Crippen LogP contribution in [-0.4, -0.2) is 16.4 Å². The van der Waals surface area contributed by atoms with E-state index in [1.165, 1.54) is 12.2 Å².